The second-order valence-corrected chi connectivity index (χ2v) is 2.64. The van der Waals surface area contributed by atoms with E-state index in [2.05, 4.69) is 4.98 Å². The quantitative estimate of drug-likeness (QED) is 0.780. The van der Waals surface area contributed by atoms with Crippen LogP contribution in [0, 0.1) is 6.92 Å². The summed E-state index contributed by atoms with van der Waals surface area (Å²) in [4.78, 5) is 14.5. The van der Waals surface area contributed by atoms with E-state index in [4.69, 9.17) is 16.7 Å². The third-order valence-electron chi connectivity index (χ3n) is 1.51. The minimum absolute atomic E-state index is 0. The van der Waals surface area contributed by atoms with Crippen LogP contribution in [0.25, 0.3) is 0 Å². The molecule has 0 fully saturated rings. The third-order valence-corrected chi connectivity index (χ3v) is 1.78. The highest BCUT2D eigenvalue weighted by atomic mass is 35.5. The lowest BCUT2D eigenvalue weighted by atomic mass is 10.2. The fourth-order valence-corrected chi connectivity index (χ4v) is 1.06. The van der Waals surface area contributed by atoms with Crippen LogP contribution in [0.5, 0.6) is 0 Å². The zero-order valence-electron chi connectivity index (χ0n) is 6.95. The number of aromatic carboxylic acids is 1. The molecule has 5 heteroatoms. The first-order valence-electron chi connectivity index (χ1n) is 3.41. The maximum Gasteiger partial charge on any atom is 0.337 e. The van der Waals surface area contributed by atoms with Gasteiger partial charge in [0, 0.05) is 0 Å². The van der Waals surface area contributed by atoms with Crippen molar-refractivity contribution in [2.75, 3.05) is 0 Å². The van der Waals surface area contributed by atoms with E-state index in [9.17, 15) is 4.79 Å². The molecule has 0 spiro atoms. The van der Waals surface area contributed by atoms with Gasteiger partial charge in [0.05, 0.1) is 22.8 Å². The molecule has 1 aromatic heterocycles. The standard InChI is InChI=1S/C8H8ClNO2.ClH/c1-5-7(8(11)12)3-2-6(4-9)10-5;/h2-3H,4H2,1H3,(H,11,12);1H. The molecule has 0 radical (unpaired) electrons. The van der Waals surface area contributed by atoms with Crippen molar-refractivity contribution in [3.8, 4) is 0 Å². The molecule has 13 heavy (non-hydrogen) atoms. The van der Waals surface area contributed by atoms with Crippen molar-refractivity contribution in [2.45, 2.75) is 12.8 Å². The number of alkyl halides is 1. The van der Waals surface area contributed by atoms with Gasteiger partial charge in [0.15, 0.2) is 0 Å². The van der Waals surface area contributed by atoms with Crippen molar-refractivity contribution >= 4 is 30.0 Å². The van der Waals surface area contributed by atoms with E-state index in [1.54, 1.807) is 13.0 Å². The van der Waals surface area contributed by atoms with Crippen LogP contribution in [-0.4, -0.2) is 16.1 Å². The van der Waals surface area contributed by atoms with Crippen molar-refractivity contribution in [3.05, 3.63) is 29.1 Å². The molecule has 1 aromatic rings. The molecule has 0 aliphatic heterocycles. The molecule has 1 heterocycles. The molecule has 72 valence electrons. The molecule has 0 aliphatic carbocycles. The lowest BCUT2D eigenvalue weighted by Gasteiger charge is -2.00. The minimum atomic E-state index is -0.957. The van der Waals surface area contributed by atoms with Crippen LogP contribution in [0.4, 0.5) is 0 Å². The summed E-state index contributed by atoms with van der Waals surface area (Å²) in [5, 5.41) is 8.66. The molecule has 0 saturated carbocycles. The Morgan fingerprint density at radius 1 is 1.62 bits per heavy atom. The zero-order chi connectivity index (χ0) is 9.14. The van der Waals surface area contributed by atoms with E-state index in [1.165, 1.54) is 6.07 Å². The second-order valence-electron chi connectivity index (χ2n) is 2.37. The van der Waals surface area contributed by atoms with E-state index in [0.717, 1.165) is 0 Å². The summed E-state index contributed by atoms with van der Waals surface area (Å²) in [7, 11) is 0. The molecule has 0 saturated heterocycles. The average Bonchev–Trinajstić information content (AvgIpc) is 2.03. The number of hydrogen-bond acceptors (Lipinski definition) is 2. The number of halogens is 2. The van der Waals surface area contributed by atoms with Gasteiger partial charge in [0.25, 0.3) is 0 Å². The molecule has 1 rings (SSSR count). The molecule has 0 aliphatic rings. The largest absolute Gasteiger partial charge is 0.478 e. The first-order chi connectivity index (χ1) is 5.65. The molecular weight excluding hydrogens is 213 g/mol. The van der Waals surface area contributed by atoms with Gasteiger partial charge in [-0.25, -0.2) is 4.79 Å². The number of rotatable bonds is 2. The maximum atomic E-state index is 10.5. The average molecular weight is 222 g/mol. The monoisotopic (exact) mass is 221 g/mol. The van der Waals surface area contributed by atoms with Crippen LogP contribution in [0.1, 0.15) is 21.7 Å². The first kappa shape index (κ1) is 12.2. The van der Waals surface area contributed by atoms with Gasteiger partial charge in [-0.1, -0.05) is 0 Å². The number of hydrogen-bond donors (Lipinski definition) is 1. The van der Waals surface area contributed by atoms with E-state index in [-0.39, 0.29) is 18.0 Å². The summed E-state index contributed by atoms with van der Waals surface area (Å²) in [6.45, 7) is 1.65. The van der Waals surface area contributed by atoms with Gasteiger partial charge in [0.2, 0.25) is 0 Å². The molecule has 3 nitrogen and oxygen atoms in total. The van der Waals surface area contributed by atoms with Gasteiger partial charge in [-0.2, -0.15) is 0 Å². The van der Waals surface area contributed by atoms with Gasteiger partial charge in [-0.3, -0.25) is 4.98 Å². The van der Waals surface area contributed by atoms with Crippen molar-refractivity contribution < 1.29 is 9.90 Å². The lowest BCUT2D eigenvalue weighted by Crippen LogP contribution is -2.02. The van der Waals surface area contributed by atoms with Crippen LogP contribution in [0.15, 0.2) is 12.1 Å². The van der Waals surface area contributed by atoms with Gasteiger partial charge in [-0.05, 0) is 19.1 Å². The van der Waals surface area contributed by atoms with Gasteiger partial charge >= 0.3 is 5.97 Å². The van der Waals surface area contributed by atoms with E-state index in [0.29, 0.717) is 17.3 Å². The minimum Gasteiger partial charge on any atom is -0.478 e. The summed E-state index contributed by atoms with van der Waals surface area (Å²) >= 11 is 5.52. The zero-order valence-corrected chi connectivity index (χ0v) is 8.52. The predicted octanol–water partition coefficient (Wildman–Crippen LogP) is 2.25. The lowest BCUT2D eigenvalue weighted by molar-refractivity contribution is 0.0695. The summed E-state index contributed by atoms with van der Waals surface area (Å²) < 4.78 is 0. The van der Waals surface area contributed by atoms with Gasteiger partial charge in [0.1, 0.15) is 0 Å². The van der Waals surface area contributed by atoms with Crippen LogP contribution in [0.2, 0.25) is 0 Å². The molecule has 0 aromatic carbocycles. The van der Waals surface area contributed by atoms with Crippen molar-refractivity contribution in [1.29, 1.82) is 0 Å². The summed E-state index contributed by atoms with van der Waals surface area (Å²) in [5.41, 5.74) is 1.42. The fourth-order valence-electron chi connectivity index (χ4n) is 0.913. The van der Waals surface area contributed by atoms with Crippen LogP contribution >= 0.6 is 24.0 Å². The first-order valence-corrected chi connectivity index (χ1v) is 3.94. The smallest absolute Gasteiger partial charge is 0.337 e. The number of nitrogens with zero attached hydrogens (tertiary/aromatic N) is 1. The summed E-state index contributed by atoms with van der Waals surface area (Å²) in [6.07, 6.45) is 0. The molecule has 0 atom stereocenters. The molecule has 0 unspecified atom stereocenters. The number of carboxylic acids is 1. The highest BCUT2D eigenvalue weighted by Crippen LogP contribution is 2.08. The van der Waals surface area contributed by atoms with Crippen molar-refractivity contribution in [2.24, 2.45) is 0 Å². The Balaban J connectivity index is 0.00000144. The Morgan fingerprint density at radius 3 is 2.62 bits per heavy atom. The van der Waals surface area contributed by atoms with Crippen LogP contribution in [0.3, 0.4) is 0 Å². The number of carboxylic acid groups (broad SMARTS) is 1. The Morgan fingerprint density at radius 2 is 2.23 bits per heavy atom. The van der Waals surface area contributed by atoms with E-state index >= 15 is 0 Å². The highest BCUT2D eigenvalue weighted by Gasteiger charge is 2.07. The third kappa shape index (κ3) is 2.86. The number of pyridine rings is 1. The van der Waals surface area contributed by atoms with Crippen molar-refractivity contribution in [3.63, 3.8) is 0 Å². The summed E-state index contributed by atoms with van der Waals surface area (Å²) in [6, 6.07) is 3.13. The fraction of sp³-hybridized carbons (Fsp3) is 0.250. The Bertz CT molecular complexity index is 315. The highest BCUT2D eigenvalue weighted by molar-refractivity contribution is 6.16. The SMILES string of the molecule is Cc1nc(CCl)ccc1C(=O)O.Cl. The normalized spacial score (nSPS) is 9.08. The van der Waals surface area contributed by atoms with Crippen LogP contribution < -0.4 is 0 Å². The Kier molecular flexibility index (Phi) is 4.73. The topological polar surface area (TPSA) is 50.2 Å². The van der Waals surface area contributed by atoms with Gasteiger partial charge in [-0.15, -0.1) is 24.0 Å². The van der Waals surface area contributed by atoms with Gasteiger partial charge < -0.3 is 5.11 Å². The molecule has 1 N–H and O–H groups in total. The second kappa shape index (κ2) is 5.04. The predicted molar refractivity (Wildman–Crippen MR) is 52.7 cm³/mol. The molecule has 0 amide bonds. The van der Waals surface area contributed by atoms with Crippen molar-refractivity contribution in [1.82, 2.24) is 4.98 Å². The van der Waals surface area contributed by atoms with E-state index < -0.39 is 5.97 Å². The van der Waals surface area contributed by atoms with Crippen LogP contribution in [-0.2, 0) is 5.88 Å². The van der Waals surface area contributed by atoms with E-state index in [1.807, 2.05) is 0 Å². The number of aryl methyl sites for hydroxylation is 1. The number of aromatic nitrogens is 1. The Labute approximate surface area is 87.2 Å². The maximum absolute atomic E-state index is 10.5. The Hall–Kier alpha value is -0.800. The molecule has 0 bridgehead atoms. The number of carbonyl (C=O) groups is 1. The molecular formula is C8H9Cl2NO2. The summed E-state index contributed by atoms with van der Waals surface area (Å²) in [5.74, 6) is -0.651.